The number of benzene rings is 1. The topological polar surface area (TPSA) is 42.3 Å². The van der Waals surface area contributed by atoms with Gasteiger partial charge in [0.15, 0.2) is 0 Å². The molecule has 0 N–H and O–H groups in total. The predicted molar refractivity (Wildman–Crippen MR) is 63.8 cm³/mol. The Kier molecular flexibility index (Phi) is 2.17. The molecule has 0 fully saturated rings. The van der Waals surface area contributed by atoms with Gasteiger partial charge in [0.05, 0.1) is 5.52 Å². The molecule has 1 aliphatic carbocycles. The second kappa shape index (κ2) is 3.67. The third kappa shape index (κ3) is 1.40. The van der Waals surface area contributed by atoms with E-state index >= 15 is 0 Å². The highest BCUT2D eigenvalue weighted by atomic mass is 16.3. The maximum Gasteiger partial charge on any atom is 0.134 e. The molecule has 1 heterocycles. The van der Waals surface area contributed by atoms with Crippen LogP contribution >= 0.6 is 0 Å². The Hall–Kier alpha value is -1.77. The van der Waals surface area contributed by atoms with Crippen LogP contribution < -0.4 is 0 Å². The lowest BCUT2D eigenvalue weighted by Gasteiger charge is -2.15. The average molecular weight is 212 g/mol. The van der Waals surface area contributed by atoms with E-state index in [1.807, 2.05) is 12.1 Å². The fraction of sp³-hybridized carbons (Fsp3) is 0.308. The number of nitroso groups, excluding NO2 is 1. The molecule has 0 bridgehead atoms. The second-order valence-electron chi connectivity index (χ2n) is 4.24. The highest BCUT2D eigenvalue weighted by molar-refractivity contribution is 5.89. The lowest BCUT2D eigenvalue weighted by Crippen LogP contribution is -2.05. The molecule has 0 aliphatic heterocycles. The van der Waals surface area contributed by atoms with Crippen LogP contribution in [0.1, 0.15) is 24.1 Å². The van der Waals surface area contributed by atoms with Crippen molar-refractivity contribution in [3.63, 3.8) is 0 Å². The zero-order chi connectivity index (χ0) is 11.0. The highest BCUT2D eigenvalue weighted by Gasteiger charge is 2.13. The summed E-state index contributed by atoms with van der Waals surface area (Å²) in [6, 6.07) is 7.73. The lowest BCUT2D eigenvalue weighted by atomic mass is 9.94. The minimum absolute atomic E-state index is 0.450. The van der Waals surface area contributed by atoms with E-state index in [0.717, 1.165) is 29.4 Å². The molecule has 0 spiro atoms. The van der Waals surface area contributed by atoms with Gasteiger partial charge in [0.2, 0.25) is 0 Å². The van der Waals surface area contributed by atoms with E-state index in [0.29, 0.717) is 5.69 Å². The molecule has 0 unspecified atom stereocenters. The van der Waals surface area contributed by atoms with Crippen LogP contribution in [0.25, 0.3) is 10.9 Å². The summed E-state index contributed by atoms with van der Waals surface area (Å²) in [5, 5.41) is 4.06. The van der Waals surface area contributed by atoms with Gasteiger partial charge in [-0.2, -0.15) is 0 Å². The molecule has 3 heteroatoms. The number of aryl methyl sites for hydroxylation is 2. The number of para-hydroxylation sites is 1. The minimum atomic E-state index is 0.450. The van der Waals surface area contributed by atoms with Crippen LogP contribution in [0.5, 0.6) is 0 Å². The van der Waals surface area contributed by atoms with Crippen molar-refractivity contribution < 1.29 is 0 Å². The van der Waals surface area contributed by atoms with Crippen molar-refractivity contribution >= 4 is 16.6 Å². The second-order valence-corrected chi connectivity index (χ2v) is 4.24. The number of hydrogen-bond donors (Lipinski definition) is 0. The van der Waals surface area contributed by atoms with Gasteiger partial charge >= 0.3 is 0 Å². The zero-order valence-corrected chi connectivity index (χ0v) is 8.94. The third-order valence-corrected chi connectivity index (χ3v) is 3.20. The Morgan fingerprint density at radius 1 is 1.19 bits per heavy atom. The summed E-state index contributed by atoms with van der Waals surface area (Å²) in [4.78, 5) is 15.3. The van der Waals surface area contributed by atoms with Crippen molar-refractivity contribution in [2.75, 3.05) is 0 Å². The SMILES string of the molecule is O=Nc1cccc2cc3c(nc12)CCCC3. The van der Waals surface area contributed by atoms with E-state index in [9.17, 15) is 4.91 Å². The molecule has 80 valence electrons. The fourth-order valence-corrected chi connectivity index (χ4v) is 2.38. The Morgan fingerprint density at radius 2 is 2.06 bits per heavy atom. The van der Waals surface area contributed by atoms with Crippen LogP contribution in [-0.2, 0) is 12.8 Å². The van der Waals surface area contributed by atoms with Crippen LogP contribution in [-0.4, -0.2) is 4.98 Å². The molecular formula is C13H12N2O. The monoisotopic (exact) mass is 212 g/mol. The van der Waals surface area contributed by atoms with Gasteiger partial charge in [-0.3, -0.25) is 4.98 Å². The molecule has 0 saturated heterocycles. The normalized spacial score (nSPS) is 14.8. The van der Waals surface area contributed by atoms with Gasteiger partial charge in [-0.25, -0.2) is 0 Å². The predicted octanol–water partition coefficient (Wildman–Crippen LogP) is 3.51. The molecule has 0 amide bonds. The minimum Gasteiger partial charge on any atom is -0.250 e. The summed E-state index contributed by atoms with van der Waals surface area (Å²) in [5.41, 5.74) is 3.68. The number of fused-ring (bicyclic) bond motifs is 2. The summed E-state index contributed by atoms with van der Waals surface area (Å²) in [6.07, 6.45) is 4.57. The van der Waals surface area contributed by atoms with Crippen LogP contribution in [0, 0.1) is 4.91 Å². The summed E-state index contributed by atoms with van der Waals surface area (Å²) in [6.45, 7) is 0. The fourth-order valence-electron chi connectivity index (χ4n) is 2.38. The van der Waals surface area contributed by atoms with Crippen LogP contribution in [0.15, 0.2) is 29.4 Å². The molecule has 2 aromatic rings. The van der Waals surface area contributed by atoms with Crippen molar-refractivity contribution in [1.82, 2.24) is 4.98 Å². The van der Waals surface area contributed by atoms with Crippen LogP contribution in [0.3, 0.4) is 0 Å². The van der Waals surface area contributed by atoms with Crippen molar-refractivity contribution in [3.05, 3.63) is 40.4 Å². The molecular weight excluding hydrogens is 200 g/mol. The van der Waals surface area contributed by atoms with E-state index in [2.05, 4.69) is 16.2 Å². The first-order valence-electron chi connectivity index (χ1n) is 5.63. The first-order chi connectivity index (χ1) is 7.88. The van der Waals surface area contributed by atoms with E-state index in [-0.39, 0.29) is 0 Å². The molecule has 0 saturated carbocycles. The van der Waals surface area contributed by atoms with Gasteiger partial charge in [-0.15, -0.1) is 4.91 Å². The van der Waals surface area contributed by atoms with Gasteiger partial charge in [0.25, 0.3) is 0 Å². The Labute approximate surface area is 93.5 Å². The highest BCUT2D eigenvalue weighted by Crippen LogP contribution is 2.28. The van der Waals surface area contributed by atoms with Gasteiger partial charge in [-0.05, 0) is 48.6 Å². The molecule has 0 atom stereocenters. The van der Waals surface area contributed by atoms with Crippen molar-refractivity contribution in [2.24, 2.45) is 5.18 Å². The number of pyridine rings is 1. The van der Waals surface area contributed by atoms with Crippen molar-refractivity contribution in [1.29, 1.82) is 0 Å². The Balaban J connectivity index is 2.31. The number of rotatable bonds is 1. The first kappa shape index (κ1) is 9.46. The van der Waals surface area contributed by atoms with Crippen molar-refractivity contribution in [3.8, 4) is 0 Å². The van der Waals surface area contributed by atoms with E-state index in [1.165, 1.54) is 18.4 Å². The molecule has 1 aromatic carbocycles. The Bertz CT molecular complexity index is 563. The number of nitrogens with zero attached hydrogens (tertiary/aromatic N) is 2. The number of aromatic nitrogens is 1. The van der Waals surface area contributed by atoms with Crippen LogP contribution in [0.2, 0.25) is 0 Å². The summed E-state index contributed by atoms with van der Waals surface area (Å²) in [7, 11) is 0. The lowest BCUT2D eigenvalue weighted by molar-refractivity contribution is 0.671. The summed E-state index contributed by atoms with van der Waals surface area (Å²) >= 11 is 0. The quantitative estimate of drug-likeness (QED) is 0.679. The summed E-state index contributed by atoms with van der Waals surface area (Å²) in [5.74, 6) is 0. The first-order valence-corrected chi connectivity index (χ1v) is 5.63. The molecule has 1 aliphatic rings. The van der Waals surface area contributed by atoms with Gasteiger partial charge in [0.1, 0.15) is 5.69 Å². The maximum atomic E-state index is 10.7. The molecule has 3 nitrogen and oxygen atoms in total. The van der Waals surface area contributed by atoms with Gasteiger partial charge in [-0.1, -0.05) is 12.1 Å². The molecule has 1 aromatic heterocycles. The maximum absolute atomic E-state index is 10.7. The van der Waals surface area contributed by atoms with E-state index in [1.54, 1.807) is 6.07 Å². The zero-order valence-electron chi connectivity index (χ0n) is 8.94. The van der Waals surface area contributed by atoms with E-state index < -0.39 is 0 Å². The molecule has 3 rings (SSSR count). The van der Waals surface area contributed by atoms with Gasteiger partial charge in [0, 0.05) is 11.1 Å². The molecule has 0 radical (unpaired) electrons. The average Bonchev–Trinajstić information content (AvgIpc) is 2.35. The van der Waals surface area contributed by atoms with Gasteiger partial charge < -0.3 is 0 Å². The summed E-state index contributed by atoms with van der Waals surface area (Å²) < 4.78 is 0. The Morgan fingerprint density at radius 3 is 2.94 bits per heavy atom. The smallest absolute Gasteiger partial charge is 0.134 e. The standard InChI is InChI=1S/C13H12N2O/c16-15-12-7-3-5-10-8-9-4-1-2-6-11(9)14-13(10)12/h3,5,7-8H,1-2,4,6H2. The largest absolute Gasteiger partial charge is 0.250 e. The number of hydrogen-bond acceptors (Lipinski definition) is 3. The third-order valence-electron chi connectivity index (χ3n) is 3.20. The van der Waals surface area contributed by atoms with Crippen LogP contribution in [0.4, 0.5) is 5.69 Å². The molecule has 16 heavy (non-hydrogen) atoms. The van der Waals surface area contributed by atoms with Crippen molar-refractivity contribution in [2.45, 2.75) is 25.7 Å². The van der Waals surface area contributed by atoms with E-state index in [4.69, 9.17) is 0 Å².